The molecule has 0 radical (unpaired) electrons. The third-order valence-corrected chi connectivity index (χ3v) is 6.55. The van der Waals surface area contributed by atoms with Crippen LogP contribution in [-0.4, -0.2) is 47.5 Å². The maximum Gasteiger partial charge on any atom is 0.338 e. The topological polar surface area (TPSA) is 103 Å². The van der Waals surface area contributed by atoms with Crippen LogP contribution in [0.4, 0.5) is 5.82 Å². The van der Waals surface area contributed by atoms with Crippen LogP contribution < -0.4 is 5.32 Å². The summed E-state index contributed by atoms with van der Waals surface area (Å²) in [5.41, 5.74) is 1.38. The molecule has 0 saturated carbocycles. The van der Waals surface area contributed by atoms with Gasteiger partial charge in [0.1, 0.15) is 23.7 Å². The Morgan fingerprint density at radius 3 is 2.29 bits per heavy atom. The Morgan fingerprint density at radius 1 is 1.11 bits per heavy atom. The molecule has 2 heterocycles. The Morgan fingerprint density at radius 2 is 1.71 bits per heavy atom. The fourth-order valence-electron chi connectivity index (χ4n) is 3.94. The Bertz CT molecular complexity index is 1220. The lowest BCUT2D eigenvalue weighted by Crippen LogP contribution is -2.26. The number of carbonyl (C=O) groups is 2. The molecule has 1 aliphatic heterocycles. The van der Waals surface area contributed by atoms with E-state index in [0.29, 0.717) is 28.9 Å². The van der Waals surface area contributed by atoms with Crippen molar-refractivity contribution in [2.75, 3.05) is 19.0 Å². The van der Waals surface area contributed by atoms with Crippen LogP contribution in [0.3, 0.4) is 0 Å². The monoisotopic (exact) mass is 607 g/mol. The normalized spacial score (nSPS) is 19.2. The van der Waals surface area contributed by atoms with Crippen molar-refractivity contribution in [2.45, 2.75) is 24.9 Å². The van der Waals surface area contributed by atoms with Gasteiger partial charge in [-0.1, -0.05) is 48.0 Å². The third-order valence-electron chi connectivity index (χ3n) is 5.54. The Balaban J connectivity index is 1.57. The smallest absolute Gasteiger partial charge is 0.338 e. The second kappa shape index (κ2) is 11.2. The standard InChI is InChI=1S/C25H23ClIN3O5/c1-29-22-20(21(26)28)18(27)13-30(22)23-19(35-25(32)16-10-6-3-7-11-16)12-17(34-23)14-33-24(31)15-8-4-2-5-9-15/h2-11,13,17,19,23,28-29H,12,14H2,1H3/t17?,19-,23-/m1/s1. The van der Waals surface area contributed by atoms with E-state index in [1.54, 1.807) is 66.3 Å². The van der Waals surface area contributed by atoms with Gasteiger partial charge in [-0.05, 0) is 46.9 Å². The highest BCUT2D eigenvalue weighted by Gasteiger charge is 2.41. The molecule has 1 unspecified atom stereocenters. The van der Waals surface area contributed by atoms with E-state index in [1.165, 1.54) is 0 Å². The lowest BCUT2D eigenvalue weighted by Gasteiger charge is -2.23. The summed E-state index contributed by atoms with van der Waals surface area (Å²) in [5.74, 6) is -0.383. The molecule has 0 aliphatic carbocycles. The van der Waals surface area contributed by atoms with Crippen molar-refractivity contribution < 1.29 is 23.8 Å². The van der Waals surface area contributed by atoms with Gasteiger partial charge in [0.25, 0.3) is 0 Å². The van der Waals surface area contributed by atoms with Crippen molar-refractivity contribution in [3.05, 3.63) is 87.1 Å². The first-order chi connectivity index (χ1) is 16.9. The maximum absolute atomic E-state index is 12.8. The lowest BCUT2D eigenvalue weighted by molar-refractivity contribution is -0.0599. The number of benzene rings is 2. The molecule has 35 heavy (non-hydrogen) atoms. The van der Waals surface area contributed by atoms with E-state index in [9.17, 15) is 9.59 Å². The summed E-state index contributed by atoms with van der Waals surface area (Å²) in [7, 11) is 1.71. The van der Waals surface area contributed by atoms with Crippen molar-refractivity contribution in [3.63, 3.8) is 0 Å². The van der Waals surface area contributed by atoms with Gasteiger partial charge in [0.2, 0.25) is 0 Å². The molecule has 1 aromatic heterocycles. The number of ether oxygens (including phenoxy) is 3. The first-order valence-electron chi connectivity index (χ1n) is 10.8. The van der Waals surface area contributed by atoms with Gasteiger partial charge < -0.3 is 24.1 Å². The second-order valence-corrected chi connectivity index (χ2v) is 9.37. The number of rotatable bonds is 8. The van der Waals surface area contributed by atoms with Gasteiger partial charge in [-0.25, -0.2) is 9.59 Å². The number of halogens is 2. The number of aromatic nitrogens is 1. The van der Waals surface area contributed by atoms with E-state index >= 15 is 0 Å². The number of esters is 2. The Hall–Kier alpha value is -2.89. The highest BCUT2D eigenvalue weighted by Crippen LogP contribution is 2.38. The molecule has 2 N–H and O–H groups in total. The van der Waals surface area contributed by atoms with Crippen molar-refractivity contribution in [3.8, 4) is 0 Å². The number of hydrogen-bond donors (Lipinski definition) is 2. The van der Waals surface area contributed by atoms with Crippen LogP contribution in [0.25, 0.3) is 0 Å². The molecule has 1 fully saturated rings. The highest BCUT2D eigenvalue weighted by molar-refractivity contribution is 14.1. The van der Waals surface area contributed by atoms with Gasteiger partial charge in [0.15, 0.2) is 6.23 Å². The number of nitrogens with zero attached hydrogens (tertiary/aromatic N) is 1. The predicted molar refractivity (Wildman–Crippen MR) is 140 cm³/mol. The quantitative estimate of drug-likeness (QED) is 0.211. The van der Waals surface area contributed by atoms with Gasteiger partial charge in [-0.15, -0.1) is 0 Å². The fourth-order valence-corrected chi connectivity index (χ4v) is 5.11. The molecular weight excluding hydrogens is 585 g/mol. The van der Waals surface area contributed by atoms with Gasteiger partial charge >= 0.3 is 11.9 Å². The minimum Gasteiger partial charge on any atom is -0.459 e. The van der Waals surface area contributed by atoms with Crippen molar-refractivity contribution >= 4 is 57.1 Å². The van der Waals surface area contributed by atoms with Crippen LogP contribution in [-0.2, 0) is 14.2 Å². The number of anilines is 1. The van der Waals surface area contributed by atoms with Crippen molar-refractivity contribution in [1.29, 1.82) is 5.41 Å². The number of carbonyl (C=O) groups excluding carboxylic acids is 2. The average Bonchev–Trinajstić information content (AvgIpc) is 3.43. The van der Waals surface area contributed by atoms with Crippen LogP contribution in [0, 0.1) is 8.98 Å². The van der Waals surface area contributed by atoms with Gasteiger partial charge in [0.05, 0.1) is 22.8 Å². The molecule has 0 bridgehead atoms. The summed E-state index contributed by atoms with van der Waals surface area (Å²) in [4.78, 5) is 25.2. The second-order valence-electron chi connectivity index (χ2n) is 7.83. The largest absolute Gasteiger partial charge is 0.459 e. The van der Waals surface area contributed by atoms with Crippen molar-refractivity contribution in [2.24, 2.45) is 0 Å². The van der Waals surface area contributed by atoms with Gasteiger partial charge in [0, 0.05) is 23.2 Å². The molecule has 2 aromatic carbocycles. The molecule has 1 aliphatic rings. The van der Waals surface area contributed by atoms with Gasteiger partial charge in [-0.3, -0.25) is 5.41 Å². The summed E-state index contributed by atoms with van der Waals surface area (Å²) in [6.45, 7) is -0.00492. The van der Waals surface area contributed by atoms with E-state index in [4.69, 9.17) is 31.2 Å². The summed E-state index contributed by atoms with van der Waals surface area (Å²) in [6.07, 6.45) is 0.201. The van der Waals surface area contributed by atoms with Crippen LogP contribution in [0.15, 0.2) is 66.9 Å². The first kappa shape index (κ1) is 25.2. The number of hydrogen-bond acceptors (Lipinski definition) is 7. The summed E-state index contributed by atoms with van der Waals surface area (Å²) < 4.78 is 20.0. The Labute approximate surface area is 221 Å². The van der Waals surface area contributed by atoms with E-state index in [-0.39, 0.29) is 11.8 Å². The molecular formula is C25H23ClIN3O5. The average molecular weight is 608 g/mol. The van der Waals surface area contributed by atoms with E-state index < -0.39 is 30.4 Å². The van der Waals surface area contributed by atoms with Crippen LogP contribution in [0.1, 0.15) is 38.9 Å². The zero-order valence-corrected chi connectivity index (χ0v) is 21.7. The molecule has 0 spiro atoms. The van der Waals surface area contributed by atoms with E-state index in [2.05, 4.69) is 27.9 Å². The summed E-state index contributed by atoms with van der Waals surface area (Å²) >= 11 is 8.12. The van der Waals surface area contributed by atoms with Crippen molar-refractivity contribution in [1.82, 2.24) is 4.57 Å². The molecule has 3 atom stereocenters. The summed E-state index contributed by atoms with van der Waals surface area (Å²) in [6, 6.07) is 17.4. The fraction of sp³-hybridized carbons (Fsp3) is 0.240. The van der Waals surface area contributed by atoms with Crippen LogP contribution >= 0.6 is 34.2 Å². The highest BCUT2D eigenvalue weighted by atomic mass is 127. The molecule has 8 nitrogen and oxygen atoms in total. The first-order valence-corrected chi connectivity index (χ1v) is 12.3. The molecule has 0 amide bonds. The minimum absolute atomic E-state index is 0.00492. The molecule has 182 valence electrons. The predicted octanol–water partition coefficient (Wildman–Crippen LogP) is 5.07. The maximum atomic E-state index is 12.8. The zero-order chi connectivity index (χ0) is 24.9. The van der Waals surface area contributed by atoms with Gasteiger partial charge in [-0.2, -0.15) is 0 Å². The zero-order valence-electron chi connectivity index (χ0n) is 18.7. The number of nitrogens with one attached hydrogen (secondary N) is 2. The van der Waals surface area contributed by atoms with Crippen LogP contribution in [0.5, 0.6) is 0 Å². The SMILES string of the molecule is CNc1c(C(=N)Cl)c(I)cn1[C@@H]1OC(COC(=O)c2ccccc2)C[C@H]1OC(=O)c1ccccc1. The lowest BCUT2D eigenvalue weighted by atomic mass is 10.2. The van der Waals surface area contributed by atoms with Crippen LogP contribution in [0.2, 0.25) is 0 Å². The third kappa shape index (κ3) is 5.68. The van der Waals surface area contributed by atoms with E-state index in [1.807, 2.05) is 12.1 Å². The van der Waals surface area contributed by atoms with E-state index in [0.717, 1.165) is 3.57 Å². The molecule has 1 saturated heterocycles. The molecule has 10 heteroatoms. The summed E-state index contributed by atoms with van der Waals surface area (Å²) in [5, 5.41) is 10.9. The molecule has 3 aromatic rings. The molecule has 4 rings (SSSR count). The Kier molecular flexibility index (Phi) is 8.09. The minimum atomic E-state index is -0.719.